The summed E-state index contributed by atoms with van der Waals surface area (Å²) in [7, 11) is 0. The maximum atomic E-state index is 3.53. The first kappa shape index (κ1) is 11.1. The Kier molecular flexibility index (Phi) is 4.51. The molecule has 0 heterocycles. The third-order valence-electron chi connectivity index (χ3n) is 2.57. The Bertz CT molecular complexity index is 279. The molecular weight excluding hydrogens is 170 g/mol. The van der Waals surface area contributed by atoms with Gasteiger partial charge in [0.15, 0.2) is 0 Å². The van der Waals surface area contributed by atoms with Crippen molar-refractivity contribution in [1.29, 1.82) is 0 Å². The molecule has 0 radical (unpaired) electrons. The predicted octanol–water partition coefficient (Wildman–Crippen LogP) is 3.77. The first-order valence-electron chi connectivity index (χ1n) is 5.62. The van der Waals surface area contributed by atoms with Crippen molar-refractivity contribution in [1.82, 2.24) is 0 Å². The summed E-state index contributed by atoms with van der Waals surface area (Å²) in [4.78, 5) is 0. The number of nitrogens with one attached hydrogen (secondary N) is 1. The topological polar surface area (TPSA) is 12.0 Å². The quantitative estimate of drug-likeness (QED) is 0.699. The molecule has 0 aliphatic rings. The minimum Gasteiger partial charge on any atom is -0.385 e. The minimum absolute atomic E-state index is 1.09. The van der Waals surface area contributed by atoms with Crippen LogP contribution < -0.4 is 5.32 Å². The predicted molar refractivity (Wildman–Crippen MR) is 64.0 cm³/mol. The zero-order valence-corrected chi connectivity index (χ0v) is 9.56. The van der Waals surface area contributed by atoms with E-state index in [2.05, 4.69) is 44.3 Å². The average molecular weight is 191 g/mol. The van der Waals surface area contributed by atoms with Crippen molar-refractivity contribution in [2.45, 2.75) is 40.0 Å². The van der Waals surface area contributed by atoms with E-state index < -0.39 is 0 Å². The lowest BCUT2D eigenvalue weighted by Crippen LogP contribution is -2.05. The molecule has 0 spiro atoms. The molecule has 0 bridgehead atoms. The Morgan fingerprint density at radius 3 is 2.64 bits per heavy atom. The van der Waals surface area contributed by atoms with E-state index in [9.17, 15) is 0 Å². The second-order valence-corrected chi connectivity index (χ2v) is 3.74. The van der Waals surface area contributed by atoms with Crippen LogP contribution in [0.3, 0.4) is 0 Å². The summed E-state index contributed by atoms with van der Waals surface area (Å²) in [5.41, 5.74) is 4.14. The van der Waals surface area contributed by atoms with Crippen LogP contribution in [0.1, 0.15) is 37.8 Å². The molecule has 1 heteroatoms. The van der Waals surface area contributed by atoms with Crippen molar-refractivity contribution in [3.8, 4) is 0 Å². The van der Waals surface area contributed by atoms with Crippen molar-refractivity contribution in [2.24, 2.45) is 0 Å². The van der Waals surface area contributed by atoms with Crippen molar-refractivity contribution in [2.75, 3.05) is 11.9 Å². The van der Waals surface area contributed by atoms with Gasteiger partial charge in [0.2, 0.25) is 0 Å². The lowest BCUT2D eigenvalue weighted by atomic mass is 10.1. The number of para-hydroxylation sites is 1. The SMILES string of the molecule is CCCCNc1c(C)cccc1CC. The molecule has 14 heavy (non-hydrogen) atoms. The first-order chi connectivity index (χ1) is 6.79. The number of hydrogen-bond acceptors (Lipinski definition) is 1. The summed E-state index contributed by atoms with van der Waals surface area (Å²) in [6.07, 6.45) is 3.61. The normalized spacial score (nSPS) is 10.2. The molecular formula is C13H21N. The highest BCUT2D eigenvalue weighted by Gasteiger charge is 2.01. The van der Waals surface area contributed by atoms with E-state index in [-0.39, 0.29) is 0 Å². The van der Waals surface area contributed by atoms with E-state index in [4.69, 9.17) is 0 Å². The van der Waals surface area contributed by atoms with Crippen LogP contribution in [0, 0.1) is 6.92 Å². The number of benzene rings is 1. The summed E-state index contributed by atoms with van der Waals surface area (Å²) in [5.74, 6) is 0. The number of hydrogen-bond donors (Lipinski definition) is 1. The lowest BCUT2D eigenvalue weighted by molar-refractivity contribution is 0.832. The number of unbranched alkanes of at least 4 members (excludes halogenated alkanes) is 1. The van der Waals surface area contributed by atoms with E-state index in [1.807, 2.05) is 0 Å². The van der Waals surface area contributed by atoms with Gasteiger partial charge in [-0.2, -0.15) is 0 Å². The van der Waals surface area contributed by atoms with E-state index in [1.54, 1.807) is 0 Å². The summed E-state index contributed by atoms with van der Waals surface area (Å²) in [6, 6.07) is 6.52. The van der Waals surface area contributed by atoms with E-state index in [1.165, 1.54) is 29.7 Å². The Labute approximate surface area is 87.5 Å². The highest BCUT2D eigenvalue weighted by molar-refractivity contribution is 5.57. The van der Waals surface area contributed by atoms with Crippen molar-refractivity contribution < 1.29 is 0 Å². The Morgan fingerprint density at radius 1 is 1.21 bits per heavy atom. The number of rotatable bonds is 5. The molecule has 0 aliphatic carbocycles. The van der Waals surface area contributed by atoms with Gasteiger partial charge in [-0.3, -0.25) is 0 Å². The molecule has 1 rings (SSSR count). The van der Waals surface area contributed by atoms with Gasteiger partial charge < -0.3 is 5.32 Å². The fourth-order valence-corrected chi connectivity index (χ4v) is 1.67. The van der Waals surface area contributed by atoms with Crippen LogP contribution in [0.25, 0.3) is 0 Å². The Balaban J connectivity index is 2.72. The highest BCUT2D eigenvalue weighted by atomic mass is 14.9. The van der Waals surface area contributed by atoms with Crippen LogP contribution >= 0.6 is 0 Å². The van der Waals surface area contributed by atoms with Crippen LogP contribution in [-0.4, -0.2) is 6.54 Å². The van der Waals surface area contributed by atoms with Crippen LogP contribution in [0.2, 0.25) is 0 Å². The fraction of sp³-hybridized carbons (Fsp3) is 0.538. The molecule has 0 saturated carbocycles. The van der Waals surface area contributed by atoms with Gasteiger partial charge in [-0.1, -0.05) is 38.5 Å². The number of aryl methyl sites for hydroxylation is 2. The Morgan fingerprint density at radius 2 is 2.00 bits per heavy atom. The van der Waals surface area contributed by atoms with Gasteiger partial charge in [0.05, 0.1) is 0 Å². The van der Waals surface area contributed by atoms with Crippen LogP contribution in [-0.2, 0) is 6.42 Å². The van der Waals surface area contributed by atoms with Crippen molar-refractivity contribution in [3.63, 3.8) is 0 Å². The average Bonchev–Trinajstić information content (AvgIpc) is 2.20. The zero-order valence-electron chi connectivity index (χ0n) is 9.56. The third-order valence-corrected chi connectivity index (χ3v) is 2.57. The molecule has 78 valence electrons. The van der Waals surface area contributed by atoms with Gasteiger partial charge in [-0.15, -0.1) is 0 Å². The smallest absolute Gasteiger partial charge is 0.0402 e. The van der Waals surface area contributed by atoms with E-state index in [0.29, 0.717) is 0 Å². The molecule has 1 N–H and O–H groups in total. The molecule has 0 saturated heterocycles. The van der Waals surface area contributed by atoms with Crippen molar-refractivity contribution >= 4 is 5.69 Å². The van der Waals surface area contributed by atoms with Gasteiger partial charge >= 0.3 is 0 Å². The molecule has 1 aromatic carbocycles. The minimum atomic E-state index is 1.09. The van der Waals surface area contributed by atoms with Crippen molar-refractivity contribution in [3.05, 3.63) is 29.3 Å². The maximum absolute atomic E-state index is 3.53. The highest BCUT2D eigenvalue weighted by Crippen LogP contribution is 2.20. The maximum Gasteiger partial charge on any atom is 0.0402 e. The monoisotopic (exact) mass is 191 g/mol. The van der Waals surface area contributed by atoms with Crippen LogP contribution in [0.15, 0.2) is 18.2 Å². The summed E-state index contributed by atoms with van der Waals surface area (Å²) < 4.78 is 0. The molecule has 1 aromatic rings. The van der Waals surface area contributed by atoms with Gasteiger partial charge in [0, 0.05) is 12.2 Å². The fourth-order valence-electron chi connectivity index (χ4n) is 1.67. The third kappa shape index (κ3) is 2.76. The molecule has 0 amide bonds. The van der Waals surface area contributed by atoms with E-state index >= 15 is 0 Å². The molecule has 0 aromatic heterocycles. The van der Waals surface area contributed by atoms with Crippen LogP contribution in [0.4, 0.5) is 5.69 Å². The van der Waals surface area contributed by atoms with E-state index in [0.717, 1.165) is 13.0 Å². The van der Waals surface area contributed by atoms with Gasteiger partial charge in [0.1, 0.15) is 0 Å². The second-order valence-electron chi connectivity index (χ2n) is 3.74. The zero-order chi connectivity index (χ0) is 10.4. The number of anilines is 1. The van der Waals surface area contributed by atoms with Gasteiger partial charge in [-0.05, 0) is 30.9 Å². The first-order valence-corrected chi connectivity index (χ1v) is 5.62. The summed E-state index contributed by atoms with van der Waals surface area (Å²) >= 11 is 0. The molecule has 0 aliphatic heterocycles. The summed E-state index contributed by atoms with van der Waals surface area (Å²) in [6.45, 7) is 7.70. The molecule has 0 atom stereocenters. The standard InChI is InChI=1S/C13H21N/c1-4-6-10-14-13-11(3)8-7-9-12(13)5-2/h7-9,14H,4-6,10H2,1-3H3. The lowest BCUT2D eigenvalue weighted by Gasteiger charge is -2.13. The molecule has 0 unspecified atom stereocenters. The summed E-state index contributed by atoms with van der Waals surface area (Å²) in [5, 5.41) is 3.53. The van der Waals surface area contributed by atoms with Gasteiger partial charge in [0.25, 0.3) is 0 Å². The largest absolute Gasteiger partial charge is 0.385 e. The van der Waals surface area contributed by atoms with Gasteiger partial charge in [-0.25, -0.2) is 0 Å². The second kappa shape index (κ2) is 5.69. The molecule has 0 fully saturated rings. The van der Waals surface area contributed by atoms with Crippen LogP contribution in [0.5, 0.6) is 0 Å². The Hall–Kier alpha value is -0.980. The molecule has 1 nitrogen and oxygen atoms in total.